The first-order chi connectivity index (χ1) is 7.35. The zero-order valence-corrected chi connectivity index (χ0v) is 8.24. The van der Waals surface area contributed by atoms with Crippen molar-refractivity contribution >= 4 is 0 Å². The van der Waals surface area contributed by atoms with E-state index >= 15 is 0 Å². The van der Waals surface area contributed by atoms with E-state index in [4.69, 9.17) is 10.8 Å². The quantitative estimate of drug-likeness (QED) is 0.573. The Balaban J connectivity index is 2.54. The van der Waals surface area contributed by atoms with Gasteiger partial charge in [-0.25, -0.2) is 8.78 Å². The lowest BCUT2D eigenvalue weighted by Gasteiger charge is -2.16. The molecule has 88 valence electrons. The number of phenols is 3. The molecule has 5 N–H and O–H groups in total. The summed E-state index contributed by atoms with van der Waals surface area (Å²) in [5.74, 6) is -5.07. The van der Waals surface area contributed by atoms with Gasteiger partial charge in [0.15, 0.2) is 11.5 Å². The molecule has 1 fully saturated rings. The maximum absolute atomic E-state index is 13.2. The monoisotopic (exact) mass is 231 g/mol. The van der Waals surface area contributed by atoms with E-state index in [0.29, 0.717) is 0 Å². The zero-order chi connectivity index (χ0) is 12.1. The van der Waals surface area contributed by atoms with Crippen LogP contribution in [0.4, 0.5) is 8.78 Å². The molecule has 0 aliphatic heterocycles. The fourth-order valence-electron chi connectivity index (χ4n) is 1.91. The molecule has 1 atom stereocenters. The molecule has 0 radical (unpaired) electrons. The van der Waals surface area contributed by atoms with Crippen LogP contribution >= 0.6 is 0 Å². The highest BCUT2D eigenvalue weighted by Crippen LogP contribution is 2.63. The van der Waals surface area contributed by atoms with Gasteiger partial charge < -0.3 is 21.1 Å². The number of hydrogen-bond donors (Lipinski definition) is 4. The average Bonchev–Trinajstić information content (AvgIpc) is 2.79. The van der Waals surface area contributed by atoms with Crippen molar-refractivity contribution in [2.75, 3.05) is 6.54 Å². The molecule has 0 saturated heterocycles. The molecule has 1 aromatic rings. The fraction of sp³-hybridized carbons (Fsp3) is 0.400. The van der Waals surface area contributed by atoms with Gasteiger partial charge in [0.2, 0.25) is 5.75 Å². The molecule has 6 heteroatoms. The molecule has 0 amide bonds. The Morgan fingerprint density at radius 1 is 1.19 bits per heavy atom. The Kier molecular flexibility index (Phi) is 2.03. The molecule has 1 unspecified atom stereocenters. The highest BCUT2D eigenvalue weighted by molar-refractivity contribution is 5.58. The molecule has 0 heterocycles. The van der Waals surface area contributed by atoms with E-state index in [9.17, 15) is 19.0 Å². The highest BCUT2D eigenvalue weighted by Gasteiger charge is 2.72. The first kappa shape index (κ1) is 10.9. The Morgan fingerprint density at radius 2 is 1.75 bits per heavy atom. The lowest BCUT2D eigenvalue weighted by molar-refractivity contribution is 0.0888. The first-order valence-corrected chi connectivity index (χ1v) is 4.68. The van der Waals surface area contributed by atoms with Crippen LogP contribution in [0.25, 0.3) is 0 Å². The van der Waals surface area contributed by atoms with E-state index in [1.54, 1.807) is 0 Å². The van der Waals surface area contributed by atoms with Crippen LogP contribution in [0.1, 0.15) is 12.0 Å². The number of hydrogen-bond acceptors (Lipinski definition) is 4. The molecule has 1 aromatic carbocycles. The molecular weight excluding hydrogens is 220 g/mol. The van der Waals surface area contributed by atoms with Gasteiger partial charge in [-0.1, -0.05) is 6.07 Å². The molecule has 1 aliphatic rings. The first-order valence-electron chi connectivity index (χ1n) is 4.68. The second-order valence-corrected chi connectivity index (χ2v) is 4.00. The van der Waals surface area contributed by atoms with E-state index in [2.05, 4.69) is 0 Å². The summed E-state index contributed by atoms with van der Waals surface area (Å²) in [4.78, 5) is 0. The molecule has 4 nitrogen and oxygen atoms in total. The van der Waals surface area contributed by atoms with E-state index in [0.717, 1.165) is 12.1 Å². The smallest absolute Gasteiger partial charge is 0.260 e. The molecule has 0 spiro atoms. The van der Waals surface area contributed by atoms with Gasteiger partial charge in [0.1, 0.15) is 0 Å². The number of nitrogens with two attached hydrogens (primary N) is 1. The van der Waals surface area contributed by atoms with Gasteiger partial charge >= 0.3 is 0 Å². The minimum absolute atomic E-state index is 0.129. The van der Waals surface area contributed by atoms with Gasteiger partial charge in [0.05, 0.1) is 5.41 Å². The fourth-order valence-corrected chi connectivity index (χ4v) is 1.91. The maximum Gasteiger partial charge on any atom is 0.260 e. The van der Waals surface area contributed by atoms with Crippen molar-refractivity contribution in [3.8, 4) is 17.2 Å². The molecule has 1 aliphatic carbocycles. The second kappa shape index (κ2) is 2.98. The Labute approximate surface area is 89.9 Å². The lowest BCUT2D eigenvalue weighted by Crippen LogP contribution is -2.26. The molecule has 0 bridgehead atoms. The van der Waals surface area contributed by atoms with Crippen molar-refractivity contribution in [2.45, 2.75) is 17.8 Å². The zero-order valence-electron chi connectivity index (χ0n) is 8.24. The maximum atomic E-state index is 13.2. The summed E-state index contributed by atoms with van der Waals surface area (Å²) in [7, 11) is 0. The standard InChI is InChI=1S/C10H11F2NO3/c11-10(12)3-9(10,4-13)5-1-2-6(14)8(16)7(5)15/h1-2,14-16H,3-4,13H2. The second-order valence-electron chi connectivity index (χ2n) is 4.00. The van der Waals surface area contributed by atoms with E-state index in [1.807, 2.05) is 0 Å². The topological polar surface area (TPSA) is 86.7 Å². The summed E-state index contributed by atoms with van der Waals surface area (Å²) in [6, 6.07) is 2.20. The van der Waals surface area contributed by atoms with Crippen LogP contribution in [-0.4, -0.2) is 27.8 Å². The van der Waals surface area contributed by atoms with Gasteiger partial charge in [-0.3, -0.25) is 0 Å². The molecule has 1 saturated carbocycles. The third kappa shape index (κ3) is 1.16. The van der Waals surface area contributed by atoms with Crippen molar-refractivity contribution in [2.24, 2.45) is 5.73 Å². The van der Waals surface area contributed by atoms with Gasteiger partial charge in [0.25, 0.3) is 5.92 Å². The number of rotatable bonds is 2. The number of phenolic OH excluding ortho intramolecular Hbond substituents is 3. The van der Waals surface area contributed by atoms with Crippen LogP contribution in [-0.2, 0) is 5.41 Å². The van der Waals surface area contributed by atoms with Gasteiger partial charge in [-0.15, -0.1) is 0 Å². The van der Waals surface area contributed by atoms with Crippen LogP contribution in [0.3, 0.4) is 0 Å². The third-order valence-corrected chi connectivity index (χ3v) is 3.09. The summed E-state index contributed by atoms with van der Waals surface area (Å²) < 4.78 is 26.4. The summed E-state index contributed by atoms with van der Waals surface area (Å²) in [6.45, 7) is -0.336. The number of aromatic hydroxyl groups is 3. The predicted molar refractivity (Wildman–Crippen MR) is 51.7 cm³/mol. The van der Waals surface area contributed by atoms with Crippen molar-refractivity contribution < 1.29 is 24.1 Å². The summed E-state index contributed by atoms with van der Waals surface area (Å²) in [5, 5.41) is 27.9. The Bertz CT molecular complexity index is 450. The van der Waals surface area contributed by atoms with E-state index in [1.165, 1.54) is 0 Å². The van der Waals surface area contributed by atoms with Crippen LogP contribution in [0.5, 0.6) is 17.2 Å². The van der Waals surface area contributed by atoms with Crippen molar-refractivity contribution in [3.05, 3.63) is 17.7 Å². The SMILES string of the molecule is NCC1(c2ccc(O)c(O)c2O)CC1(F)F. The summed E-state index contributed by atoms with van der Waals surface area (Å²) in [6.07, 6.45) is -0.464. The molecule has 16 heavy (non-hydrogen) atoms. The number of halogens is 2. The largest absolute Gasteiger partial charge is 0.504 e. The van der Waals surface area contributed by atoms with Crippen molar-refractivity contribution in [3.63, 3.8) is 0 Å². The number of alkyl halides is 2. The summed E-state index contributed by atoms with van der Waals surface area (Å²) >= 11 is 0. The Morgan fingerprint density at radius 3 is 2.19 bits per heavy atom. The van der Waals surface area contributed by atoms with E-state index < -0.39 is 35.0 Å². The highest BCUT2D eigenvalue weighted by atomic mass is 19.3. The predicted octanol–water partition coefficient (Wildman–Crippen LogP) is 1.04. The van der Waals surface area contributed by atoms with Crippen LogP contribution in [0.15, 0.2) is 12.1 Å². The summed E-state index contributed by atoms with van der Waals surface area (Å²) in [5.41, 5.74) is 3.55. The van der Waals surface area contributed by atoms with Gasteiger partial charge in [-0.05, 0) is 6.07 Å². The average molecular weight is 231 g/mol. The van der Waals surface area contributed by atoms with Crippen molar-refractivity contribution in [1.82, 2.24) is 0 Å². The minimum atomic E-state index is -2.98. The van der Waals surface area contributed by atoms with E-state index in [-0.39, 0.29) is 12.1 Å². The molecular formula is C10H11F2NO3. The van der Waals surface area contributed by atoms with Gasteiger partial charge in [0, 0.05) is 18.5 Å². The van der Waals surface area contributed by atoms with Crippen LogP contribution in [0.2, 0.25) is 0 Å². The third-order valence-electron chi connectivity index (χ3n) is 3.09. The molecule has 0 aromatic heterocycles. The van der Waals surface area contributed by atoms with Crippen LogP contribution in [0, 0.1) is 0 Å². The van der Waals surface area contributed by atoms with Crippen molar-refractivity contribution in [1.29, 1.82) is 0 Å². The minimum Gasteiger partial charge on any atom is -0.504 e. The van der Waals surface area contributed by atoms with Gasteiger partial charge in [-0.2, -0.15) is 0 Å². The number of benzene rings is 1. The van der Waals surface area contributed by atoms with Crippen LogP contribution < -0.4 is 5.73 Å². The Hall–Kier alpha value is -1.56. The normalized spacial score (nSPS) is 26.7. The lowest BCUT2D eigenvalue weighted by atomic mass is 9.94. The molecule has 2 rings (SSSR count).